The van der Waals surface area contributed by atoms with Gasteiger partial charge in [-0.1, -0.05) is 156 Å². The number of rotatable bonds is 40. The summed E-state index contributed by atoms with van der Waals surface area (Å²) in [6.07, 6.45) is 36.7. The maximum Gasteiger partial charge on any atom is 0.152 e. The molecular weight excluding hydrogens is 733 g/mol. The highest BCUT2D eigenvalue weighted by atomic mass is 35.5. The van der Waals surface area contributed by atoms with Crippen molar-refractivity contribution in [1.82, 2.24) is 0 Å². The number of likely N-dealkylation sites (N-methyl/N-ethyl adjacent to an activating group) is 2. The first kappa shape index (κ1) is 61.3. The van der Waals surface area contributed by atoms with Crippen LogP contribution in [0.15, 0.2) is 0 Å². The number of nitrogens with zero attached hydrogens (tertiary/aromatic N) is 3. The van der Waals surface area contributed by atoms with E-state index in [4.69, 9.17) is 0 Å². The number of aliphatic hydroxyl groups excluding tert-OH is 2. The van der Waals surface area contributed by atoms with Crippen molar-refractivity contribution >= 4 is 0 Å². The molecule has 0 rings (SSSR count). The van der Waals surface area contributed by atoms with Gasteiger partial charge in [0.15, 0.2) is 12.2 Å². The number of aliphatic hydroxyl groups is 2. The molecule has 2 N–H and O–H groups in total. The summed E-state index contributed by atoms with van der Waals surface area (Å²) in [6, 6.07) is 0. The molecule has 2 unspecified atom stereocenters. The van der Waals surface area contributed by atoms with E-state index in [0.29, 0.717) is 0 Å². The van der Waals surface area contributed by atoms with Gasteiger partial charge >= 0.3 is 0 Å². The van der Waals surface area contributed by atoms with Gasteiger partial charge < -0.3 is 60.9 Å². The van der Waals surface area contributed by atoms with Crippen LogP contribution in [-0.2, 0) is 0 Å². The van der Waals surface area contributed by atoms with Crippen molar-refractivity contribution in [2.45, 2.75) is 220 Å². The molecule has 0 aliphatic rings. The molecule has 0 aromatic rings. The third-order valence-corrected chi connectivity index (χ3v) is 11.8. The van der Waals surface area contributed by atoms with Crippen molar-refractivity contribution in [3.8, 4) is 0 Å². The molecule has 332 valence electrons. The Morgan fingerprint density at radius 1 is 0.296 bits per heavy atom. The quantitative estimate of drug-likeness (QED) is 0.0738. The summed E-state index contributed by atoms with van der Waals surface area (Å²) in [6.45, 7) is 16.9. The number of unbranched alkanes of at least 4 members (excludes halogenated alkanes) is 24. The highest BCUT2D eigenvalue weighted by Crippen LogP contribution is 2.21. The molecule has 0 heterocycles. The van der Waals surface area contributed by atoms with Gasteiger partial charge in [0.05, 0.1) is 54.4 Å². The van der Waals surface area contributed by atoms with E-state index in [2.05, 4.69) is 55.9 Å². The largest absolute Gasteiger partial charge is 1.00 e. The van der Waals surface area contributed by atoms with Gasteiger partial charge in [-0.3, -0.25) is 0 Å². The smallest absolute Gasteiger partial charge is 0.152 e. The van der Waals surface area contributed by atoms with Gasteiger partial charge in [-0.2, -0.15) is 0 Å². The van der Waals surface area contributed by atoms with E-state index in [9.17, 15) is 10.2 Å². The maximum absolute atomic E-state index is 11.8. The molecule has 0 radical (unpaired) electrons. The van der Waals surface area contributed by atoms with Crippen LogP contribution in [0.4, 0.5) is 0 Å². The summed E-state index contributed by atoms with van der Waals surface area (Å²) < 4.78 is 2.69. The summed E-state index contributed by atoms with van der Waals surface area (Å²) in [5.74, 6) is 0. The third kappa shape index (κ3) is 38.2. The third-order valence-electron chi connectivity index (χ3n) is 11.8. The molecule has 2 atom stereocenters. The monoisotopic (exact) mass is 832 g/mol. The van der Waals surface area contributed by atoms with Crippen LogP contribution >= 0.6 is 0 Å². The van der Waals surface area contributed by atoms with Crippen LogP contribution in [-0.4, -0.2) is 116 Å². The van der Waals surface area contributed by atoms with E-state index in [1.807, 2.05) is 0 Å². The van der Waals surface area contributed by atoms with Crippen LogP contribution < -0.4 is 37.2 Å². The zero-order valence-corrected chi connectivity index (χ0v) is 40.2. The fourth-order valence-corrected chi connectivity index (χ4v) is 8.69. The SMILES string of the molecule is CCCCCCCCCCCC[N+](C)(C)CC(O)C[N+](CCCCCC)(CCCCCC)CC(O)C[N+](C)(C)CCCCCCCCCCCC.[Cl-].[Cl-].[Cl-]. The second-order valence-corrected chi connectivity index (χ2v) is 18.6. The standard InChI is InChI=1S/C46H100N3O2.3ClH/c1-9-13-17-21-23-25-27-29-31-33-37-47(5,6)41-45(50)43-49(39-35-19-15-11-3,40-36-20-16-12-4)44-46(51)42-48(7,8)38-34-32-30-28-26-24-22-18-14-10-2;;;/h45-46,50-51H,9-44H2,1-8H3;3*1H/q+3;;;/p-3. The molecule has 0 aromatic carbocycles. The Morgan fingerprint density at radius 3 is 0.759 bits per heavy atom. The van der Waals surface area contributed by atoms with Crippen molar-refractivity contribution < 1.29 is 60.9 Å². The van der Waals surface area contributed by atoms with Crippen LogP contribution in [0.1, 0.15) is 207 Å². The first-order valence-corrected chi connectivity index (χ1v) is 23.3. The Bertz CT molecular complexity index is 684. The Kier molecular flexibility index (Phi) is 45.9. The molecule has 0 fully saturated rings. The van der Waals surface area contributed by atoms with Crippen LogP contribution in [0, 0.1) is 0 Å². The average molecular weight is 834 g/mol. The average Bonchev–Trinajstić information content (AvgIpc) is 3.06. The summed E-state index contributed by atoms with van der Waals surface area (Å²) in [5, 5.41) is 23.5. The number of hydrogen-bond donors (Lipinski definition) is 2. The fourth-order valence-electron chi connectivity index (χ4n) is 8.69. The van der Waals surface area contributed by atoms with Gasteiger partial charge in [-0.15, -0.1) is 0 Å². The van der Waals surface area contributed by atoms with Crippen LogP contribution in [0.5, 0.6) is 0 Å². The molecule has 0 bridgehead atoms. The van der Waals surface area contributed by atoms with Crippen molar-refractivity contribution in [2.75, 3.05) is 80.5 Å². The first-order valence-electron chi connectivity index (χ1n) is 23.3. The minimum absolute atomic E-state index is 0. The first-order chi connectivity index (χ1) is 24.4. The molecule has 0 aromatic heterocycles. The van der Waals surface area contributed by atoms with Crippen molar-refractivity contribution in [2.24, 2.45) is 0 Å². The lowest BCUT2D eigenvalue weighted by molar-refractivity contribution is -0.948. The summed E-state index contributed by atoms with van der Waals surface area (Å²) in [7, 11) is 9.32. The topological polar surface area (TPSA) is 40.5 Å². The van der Waals surface area contributed by atoms with E-state index in [1.165, 1.54) is 180 Å². The molecule has 0 amide bonds. The van der Waals surface area contributed by atoms with Gasteiger partial charge in [0, 0.05) is 0 Å². The second kappa shape index (κ2) is 40.4. The minimum atomic E-state index is -0.332. The molecule has 5 nitrogen and oxygen atoms in total. The predicted octanol–water partition coefficient (Wildman–Crippen LogP) is 2.69. The zero-order valence-electron chi connectivity index (χ0n) is 38.0. The lowest BCUT2D eigenvalue weighted by atomic mass is 10.1. The molecule has 0 saturated carbocycles. The Hall–Kier alpha value is 0.670. The van der Waals surface area contributed by atoms with Crippen LogP contribution in [0.2, 0.25) is 0 Å². The highest BCUT2D eigenvalue weighted by Gasteiger charge is 2.36. The van der Waals surface area contributed by atoms with Gasteiger partial charge in [-0.25, -0.2) is 0 Å². The summed E-state index contributed by atoms with van der Waals surface area (Å²) >= 11 is 0. The second-order valence-electron chi connectivity index (χ2n) is 18.6. The number of halogens is 3. The minimum Gasteiger partial charge on any atom is -1.00 e. The summed E-state index contributed by atoms with van der Waals surface area (Å²) in [4.78, 5) is 0. The Labute approximate surface area is 359 Å². The van der Waals surface area contributed by atoms with Gasteiger partial charge in [-0.05, 0) is 51.4 Å². The molecule has 8 heteroatoms. The summed E-state index contributed by atoms with van der Waals surface area (Å²) in [5.41, 5.74) is 0. The van der Waals surface area contributed by atoms with Crippen LogP contribution in [0.25, 0.3) is 0 Å². The molecule has 54 heavy (non-hydrogen) atoms. The number of hydrogen-bond acceptors (Lipinski definition) is 2. The lowest BCUT2D eigenvalue weighted by Gasteiger charge is -2.43. The predicted molar refractivity (Wildman–Crippen MR) is 227 cm³/mol. The Morgan fingerprint density at radius 2 is 0.500 bits per heavy atom. The van der Waals surface area contributed by atoms with E-state index in [-0.39, 0.29) is 49.4 Å². The molecule has 0 aliphatic heterocycles. The fraction of sp³-hybridized carbons (Fsp3) is 1.00. The maximum atomic E-state index is 11.8. The highest BCUT2D eigenvalue weighted by molar-refractivity contribution is 4.63. The van der Waals surface area contributed by atoms with Crippen molar-refractivity contribution in [3.05, 3.63) is 0 Å². The van der Waals surface area contributed by atoms with Crippen molar-refractivity contribution in [1.29, 1.82) is 0 Å². The van der Waals surface area contributed by atoms with E-state index < -0.39 is 0 Å². The van der Waals surface area contributed by atoms with Crippen LogP contribution in [0.3, 0.4) is 0 Å². The normalized spacial score (nSPS) is 13.2. The number of quaternary nitrogens is 3. The van der Waals surface area contributed by atoms with Crippen molar-refractivity contribution in [3.63, 3.8) is 0 Å². The van der Waals surface area contributed by atoms with Gasteiger partial charge in [0.25, 0.3) is 0 Å². The van der Waals surface area contributed by atoms with E-state index >= 15 is 0 Å². The zero-order chi connectivity index (χ0) is 38.1. The molecule has 0 aliphatic carbocycles. The van der Waals surface area contributed by atoms with Gasteiger partial charge in [0.1, 0.15) is 26.2 Å². The molecular formula is C46H100Cl3N3O2. The van der Waals surface area contributed by atoms with E-state index in [1.54, 1.807) is 0 Å². The van der Waals surface area contributed by atoms with E-state index in [0.717, 1.165) is 65.8 Å². The lowest BCUT2D eigenvalue weighted by Crippen LogP contribution is -3.00. The molecule has 0 spiro atoms. The van der Waals surface area contributed by atoms with Gasteiger partial charge in [0.2, 0.25) is 0 Å². The Balaban J connectivity index is -0.00000417. The molecule has 0 saturated heterocycles.